The van der Waals surface area contributed by atoms with Gasteiger partial charge in [-0.1, -0.05) is 19.1 Å². The van der Waals surface area contributed by atoms with Gasteiger partial charge in [0.2, 0.25) is 0 Å². The summed E-state index contributed by atoms with van der Waals surface area (Å²) in [6.07, 6.45) is 6.12. The summed E-state index contributed by atoms with van der Waals surface area (Å²) in [7, 11) is -3.51. The maximum absolute atomic E-state index is 12.9. The van der Waals surface area contributed by atoms with Crippen LogP contribution in [0.5, 0.6) is 0 Å². The molecule has 0 atom stereocenters. The third-order valence-electron chi connectivity index (χ3n) is 5.79. The van der Waals surface area contributed by atoms with Crippen molar-refractivity contribution in [3.05, 3.63) is 46.3 Å². The van der Waals surface area contributed by atoms with Crippen LogP contribution in [0.3, 0.4) is 0 Å². The SMILES string of the molecule is CC1CCN(S(=O)(=O)c2ccc(C(=O)Nc3cccc4c3CCCC4)s2)CC1. The Balaban J connectivity index is 1.51. The molecule has 150 valence electrons. The van der Waals surface area contributed by atoms with Crippen LogP contribution >= 0.6 is 11.3 Å². The lowest BCUT2D eigenvalue weighted by Crippen LogP contribution is -2.37. The van der Waals surface area contributed by atoms with Gasteiger partial charge in [-0.2, -0.15) is 4.31 Å². The zero-order valence-electron chi connectivity index (χ0n) is 16.1. The number of hydrogen-bond donors (Lipinski definition) is 1. The predicted octanol–water partition coefficient (Wildman–Crippen LogP) is 4.30. The van der Waals surface area contributed by atoms with Crippen LogP contribution in [-0.2, 0) is 22.9 Å². The van der Waals surface area contributed by atoms with Gasteiger partial charge in [-0.3, -0.25) is 4.79 Å². The van der Waals surface area contributed by atoms with Crippen molar-refractivity contribution in [2.75, 3.05) is 18.4 Å². The first-order valence-electron chi connectivity index (χ1n) is 9.97. The van der Waals surface area contributed by atoms with Gasteiger partial charge in [-0.15, -0.1) is 11.3 Å². The maximum atomic E-state index is 12.9. The van der Waals surface area contributed by atoms with Crippen LogP contribution in [0.25, 0.3) is 0 Å². The van der Waals surface area contributed by atoms with E-state index in [1.54, 1.807) is 16.4 Å². The number of hydrogen-bond acceptors (Lipinski definition) is 4. The van der Waals surface area contributed by atoms with E-state index in [1.807, 2.05) is 12.1 Å². The third-order valence-corrected chi connectivity index (χ3v) is 9.24. The third kappa shape index (κ3) is 3.88. The zero-order valence-corrected chi connectivity index (χ0v) is 17.7. The largest absolute Gasteiger partial charge is 0.321 e. The van der Waals surface area contributed by atoms with E-state index in [0.29, 0.717) is 23.9 Å². The van der Waals surface area contributed by atoms with Gasteiger partial charge in [0.25, 0.3) is 15.9 Å². The molecule has 1 fully saturated rings. The molecule has 0 spiro atoms. The summed E-state index contributed by atoms with van der Waals surface area (Å²) in [5, 5.41) is 3.00. The molecule has 0 unspecified atom stereocenters. The monoisotopic (exact) mass is 418 g/mol. The van der Waals surface area contributed by atoms with E-state index in [2.05, 4.69) is 18.3 Å². The molecule has 1 aliphatic carbocycles. The number of anilines is 1. The number of benzene rings is 1. The second-order valence-electron chi connectivity index (χ2n) is 7.81. The van der Waals surface area contributed by atoms with Crippen molar-refractivity contribution in [2.24, 2.45) is 5.92 Å². The number of rotatable bonds is 4. The van der Waals surface area contributed by atoms with Gasteiger partial charge in [-0.25, -0.2) is 8.42 Å². The van der Waals surface area contributed by atoms with Gasteiger partial charge in [0.1, 0.15) is 4.21 Å². The Hall–Kier alpha value is -1.70. The second kappa shape index (κ2) is 7.97. The minimum Gasteiger partial charge on any atom is -0.321 e. The molecular formula is C21H26N2O3S2. The highest BCUT2D eigenvalue weighted by atomic mass is 32.2. The lowest BCUT2D eigenvalue weighted by molar-refractivity contribution is 0.103. The Morgan fingerprint density at radius 2 is 1.86 bits per heavy atom. The summed E-state index contributed by atoms with van der Waals surface area (Å²) in [5.74, 6) is 0.325. The second-order valence-corrected chi connectivity index (χ2v) is 11.1. The quantitative estimate of drug-likeness (QED) is 0.805. The average molecular weight is 419 g/mol. The minimum absolute atomic E-state index is 0.238. The number of fused-ring (bicyclic) bond motifs is 1. The molecular weight excluding hydrogens is 392 g/mol. The molecule has 28 heavy (non-hydrogen) atoms. The Morgan fingerprint density at radius 3 is 2.64 bits per heavy atom. The molecule has 2 aromatic rings. The highest BCUT2D eigenvalue weighted by Gasteiger charge is 2.30. The Kier molecular flexibility index (Phi) is 5.58. The first kappa shape index (κ1) is 19.6. The van der Waals surface area contributed by atoms with Crippen LogP contribution in [0.1, 0.15) is 53.4 Å². The molecule has 2 heterocycles. The van der Waals surface area contributed by atoms with Crippen molar-refractivity contribution in [3.8, 4) is 0 Å². The van der Waals surface area contributed by atoms with Crippen LogP contribution in [0.15, 0.2) is 34.5 Å². The number of carbonyl (C=O) groups is 1. The molecule has 5 nitrogen and oxygen atoms in total. The van der Waals surface area contributed by atoms with Crippen LogP contribution < -0.4 is 5.32 Å². The molecule has 1 aromatic heterocycles. The molecule has 0 saturated carbocycles. The molecule has 1 saturated heterocycles. The molecule has 0 bridgehead atoms. The number of amides is 1. The molecule has 7 heteroatoms. The number of nitrogens with zero attached hydrogens (tertiary/aromatic N) is 1. The molecule has 1 amide bonds. The van der Waals surface area contributed by atoms with Gasteiger partial charge in [-0.05, 0) is 73.8 Å². The number of sulfonamides is 1. The lowest BCUT2D eigenvalue weighted by atomic mass is 9.90. The van der Waals surface area contributed by atoms with Crippen molar-refractivity contribution in [1.82, 2.24) is 4.31 Å². The zero-order chi connectivity index (χ0) is 19.7. The van der Waals surface area contributed by atoms with E-state index in [4.69, 9.17) is 0 Å². The topological polar surface area (TPSA) is 66.5 Å². The Bertz CT molecular complexity index is 973. The van der Waals surface area contributed by atoms with Crippen LogP contribution in [0.4, 0.5) is 5.69 Å². The lowest BCUT2D eigenvalue weighted by Gasteiger charge is -2.28. The predicted molar refractivity (Wildman–Crippen MR) is 113 cm³/mol. The molecule has 1 aliphatic heterocycles. The van der Waals surface area contributed by atoms with E-state index in [0.717, 1.165) is 49.1 Å². The normalized spacial score (nSPS) is 18.6. The fourth-order valence-electron chi connectivity index (χ4n) is 4.02. The molecule has 1 N–H and O–H groups in total. The van der Waals surface area contributed by atoms with E-state index in [1.165, 1.54) is 17.5 Å². The fraction of sp³-hybridized carbons (Fsp3) is 0.476. The summed E-state index contributed by atoms with van der Waals surface area (Å²) in [6, 6.07) is 9.21. The molecule has 1 aromatic carbocycles. The number of thiophene rings is 1. The maximum Gasteiger partial charge on any atom is 0.265 e. The van der Waals surface area contributed by atoms with Crippen molar-refractivity contribution < 1.29 is 13.2 Å². The van der Waals surface area contributed by atoms with E-state index in [9.17, 15) is 13.2 Å². The average Bonchev–Trinajstić information content (AvgIpc) is 3.20. The van der Waals surface area contributed by atoms with Crippen LogP contribution in [-0.4, -0.2) is 31.7 Å². The molecule has 0 radical (unpaired) electrons. The Labute approximate surface area is 170 Å². The van der Waals surface area contributed by atoms with Gasteiger partial charge in [0.15, 0.2) is 0 Å². The van der Waals surface area contributed by atoms with Crippen molar-refractivity contribution in [3.63, 3.8) is 0 Å². The first-order valence-corrected chi connectivity index (χ1v) is 12.2. The smallest absolute Gasteiger partial charge is 0.265 e. The fourth-order valence-corrected chi connectivity index (χ4v) is 6.84. The van der Waals surface area contributed by atoms with Crippen LogP contribution in [0.2, 0.25) is 0 Å². The minimum atomic E-state index is -3.51. The summed E-state index contributed by atoms with van der Waals surface area (Å²) >= 11 is 1.06. The van der Waals surface area contributed by atoms with Gasteiger partial charge < -0.3 is 5.32 Å². The Morgan fingerprint density at radius 1 is 1.11 bits per heavy atom. The van der Waals surface area contributed by atoms with Crippen molar-refractivity contribution >= 4 is 33.0 Å². The summed E-state index contributed by atoms with van der Waals surface area (Å²) in [4.78, 5) is 13.2. The number of carbonyl (C=O) groups excluding carboxylic acids is 1. The van der Waals surface area contributed by atoms with Crippen molar-refractivity contribution in [2.45, 2.75) is 49.7 Å². The molecule has 4 rings (SSSR count). The van der Waals surface area contributed by atoms with Crippen LogP contribution in [0, 0.1) is 5.92 Å². The summed E-state index contributed by atoms with van der Waals surface area (Å²) in [6.45, 7) is 3.26. The van der Waals surface area contributed by atoms with E-state index in [-0.39, 0.29) is 10.1 Å². The number of nitrogens with one attached hydrogen (secondary N) is 1. The van der Waals surface area contributed by atoms with Crippen molar-refractivity contribution in [1.29, 1.82) is 0 Å². The number of aryl methyl sites for hydroxylation is 1. The summed E-state index contributed by atoms with van der Waals surface area (Å²) in [5.41, 5.74) is 3.37. The molecule has 2 aliphatic rings. The van der Waals surface area contributed by atoms with Gasteiger partial charge in [0, 0.05) is 18.8 Å². The van der Waals surface area contributed by atoms with E-state index < -0.39 is 10.0 Å². The first-order chi connectivity index (χ1) is 13.4. The van der Waals surface area contributed by atoms with E-state index >= 15 is 0 Å². The summed E-state index contributed by atoms with van der Waals surface area (Å²) < 4.78 is 27.6. The highest BCUT2D eigenvalue weighted by Crippen LogP contribution is 2.31. The standard InChI is InChI=1S/C21H26N2O3S2/c1-15-11-13-23(14-12-15)28(25,26)20-10-9-19(27-20)21(24)22-18-8-4-6-16-5-2-3-7-17(16)18/h4,6,8-10,15H,2-3,5,7,11-14H2,1H3,(H,22,24). The number of piperidine rings is 1. The highest BCUT2D eigenvalue weighted by molar-refractivity contribution is 7.91. The van der Waals surface area contributed by atoms with Gasteiger partial charge in [0.05, 0.1) is 4.88 Å². The van der Waals surface area contributed by atoms with Gasteiger partial charge >= 0.3 is 0 Å².